The number of anilines is 1. The van der Waals surface area contributed by atoms with Gasteiger partial charge in [0.1, 0.15) is 11.5 Å². The van der Waals surface area contributed by atoms with Crippen molar-refractivity contribution in [2.24, 2.45) is 0 Å². The first kappa shape index (κ1) is 29.7. The van der Waals surface area contributed by atoms with Crippen molar-refractivity contribution in [1.82, 2.24) is 4.90 Å². The largest absolute Gasteiger partial charge is 0.497 e. The third-order valence-electron chi connectivity index (χ3n) is 6.83. The van der Waals surface area contributed by atoms with Gasteiger partial charge < -0.3 is 14.4 Å². The summed E-state index contributed by atoms with van der Waals surface area (Å²) >= 11 is 0. The van der Waals surface area contributed by atoms with Gasteiger partial charge in [-0.15, -0.1) is 12.4 Å². The number of benzene rings is 3. The predicted octanol–water partition coefficient (Wildman–Crippen LogP) is 6.90. The molecule has 38 heavy (non-hydrogen) atoms. The number of aryl methyl sites for hydroxylation is 2. The Morgan fingerprint density at radius 2 is 1.58 bits per heavy atom. The molecule has 4 rings (SSSR count). The molecule has 1 saturated heterocycles. The number of hydrogen-bond acceptors (Lipinski definition) is 4. The van der Waals surface area contributed by atoms with Gasteiger partial charge in [0.15, 0.2) is 0 Å². The number of methoxy groups -OCH3 is 1. The Kier molecular flexibility index (Phi) is 11.2. The lowest BCUT2D eigenvalue weighted by Crippen LogP contribution is -2.46. The average molecular weight is 549 g/mol. The fourth-order valence-corrected chi connectivity index (χ4v) is 4.69. The van der Waals surface area contributed by atoms with Gasteiger partial charge in [-0.05, 0) is 79.8 Å². The van der Waals surface area contributed by atoms with E-state index in [2.05, 4.69) is 23.1 Å². The molecule has 4 nitrogen and oxygen atoms in total. The van der Waals surface area contributed by atoms with E-state index in [1.165, 1.54) is 23.3 Å². The number of halogens is 4. The van der Waals surface area contributed by atoms with E-state index in [-0.39, 0.29) is 12.4 Å². The van der Waals surface area contributed by atoms with E-state index in [9.17, 15) is 13.2 Å². The summed E-state index contributed by atoms with van der Waals surface area (Å²) in [5.41, 5.74) is 2.50. The molecule has 3 aromatic rings. The Morgan fingerprint density at radius 3 is 2.34 bits per heavy atom. The standard InChI is InChI=1S/C30H35F3N2O2.ClH/c1-36-28-12-6-8-24(22-28)14-15-25-9-2-3-13-29(25)37-21-5-4-16-34-17-19-35(20-18-34)27-11-7-10-26(23-27)30(31,32)33;/h2-3,6-13,22-23H,4-5,14-21H2,1H3;1H. The van der Waals surface area contributed by atoms with Gasteiger partial charge in [0.05, 0.1) is 19.3 Å². The number of rotatable bonds is 11. The van der Waals surface area contributed by atoms with Crippen LogP contribution in [0.3, 0.4) is 0 Å². The zero-order valence-electron chi connectivity index (χ0n) is 21.8. The maximum Gasteiger partial charge on any atom is 0.416 e. The molecule has 1 aliphatic heterocycles. The minimum atomic E-state index is -4.31. The fraction of sp³-hybridized carbons (Fsp3) is 0.400. The van der Waals surface area contributed by atoms with Crippen LogP contribution in [-0.4, -0.2) is 51.3 Å². The molecule has 0 unspecified atom stereocenters. The maximum absolute atomic E-state index is 13.0. The van der Waals surface area contributed by atoms with Gasteiger partial charge in [-0.25, -0.2) is 0 Å². The van der Waals surface area contributed by atoms with Gasteiger partial charge in [0.25, 0.3) is 0 Å². The second-order valence-electron chi connectivity index (χ2n) is 9.39. The second kappa shape index (κ2) is 14.3. The molecule has 0 aliphatic carbocycles. The summed E-state index contributed by atoms with van der Waals surface area (Å²) in [6.07, 6.45) is -0.506. The summed E-state index contributed by atoms with van der Waals surface area (Å²) in [7, 11) is 1.68. The third-order valence-corrected chi connectivity index (χ3v) is 6.83. The molecule has 0 N–H and O–H groups in total. The van der Waals surface area contributed by atoms with Crippen LogP contribution >= 0.6 is 12.4 Å². The zero-order valence-corrected chi connectivity index (χ0v) is 22.6. The molecule has 1 heterocycles. The quantitative estimate of drug-likeness (QED) is 0.243. The van der Waals surface area contributed by atoms with Crippen LogP contribution in [0.25, 0.3) is 0 Å². The van der Waals surface area contributed by atoms with Gasteiger partial charge in [0, 0.05) is 31.9 Å². The van der Waals surface area contributed by atoms with E-state index in [4.69, 9.17) is 9.47 Å². The van der Waals surface area contributed by atoms with Crippen LogP contribution in [0.2, 0.25) is 0 Å². The van der Waals surface area contributed by atoms with Crippen molar-refractivity contribution in [3.8, 4) is 11.5 Å². The number of alkyl halides is 3. The Morgan fingerprint density at radius 1 is 0.816 bits per heavy atom. The lowest BCUT2D eigenvalue weighted by atomic mass is 10.0. The Labute approximate surface area is 229 Å². The lowest BCUT2D eigenvalue weighted by molar-refractivity contribution is -0.137. The predicted molar refractivity (Wildman–Crippen MR) is 149 cm³/mol. The average Bonchev–Trinajstić information content (AvgIpc) is 2.92. The molecular weight excluding hydrogens is 513 g/mol. The fourth-order valence-electron chi connectivity index (χ4n) is 4.69. The molecule has 0 bridgehead atoms. The molecule has 0 atom stereocenters. The van der Waals surface area contributed by atoms with Crippen LogP contribution in [-0.2, 0) is 19.0 Å². The van der Waals surface area contributed by atoms with Crippen molar-refractivity contribution in [3.63, 3.8) is 0 Å². The normalized spacial score (nSPS) is 14.2. The summed E-state index contributed by atoms with van der Waals surface area (Å²) in [6, 6.07) is 22.0. The number of para-hydroxylation sites is 1. The number of hydrogen-bond donors (Lipinski definition) is 0. The van der Waals surface area contributed by atoms with Gasteiger partial charge in [-0.1, -0.05) is 36.4 Å². The van der Waals surface area contributed by atoms with Crippen LogP contribution in [0.4, 0.5) is 18.9 Å². The van der Waals surface area contributed by atoms with Crippen molar-refractivity contribution >= 4 is 18.1 Å². The highest BCUT2D eigenvalue weighted by Crippen LogP contribution is 2.32. The Balaban J connectivity index is 0.00000400. The highest BCUT2D eigenvalue weighted by atomic mass is 35.5. The van der Waals surface area contributed by atoms with Crippen molar-refractivity contribution in [2.75, 3.05) is 51.3 Å². The number of piperazine rings is 1. The van der Waals surface area contributed by atoms with E-state index < -0.39 is 11.7 Å². The van der Waals surface area contributed by atoms with Gasteiger partial charge in [-0.3, -0.25) is 4.90 Å². The van der Waals surface area contributed by atoms with Crippen molar-refractivity contribution in [3.05, 3.63) is 89.5 Å². The molecule has 0 aromatic heterocycles. The van der Waals surface area contributed by atoms with Crippen LogP contribution in [0.15, 0.2) is 72.8 Å². The summed E-state index contributed by atoms with van der Waals surface area (Å²) < 4.78 is 50.5. The minimum absolute atomic E-state index is 0. The molecule has 0 spiro atoms. The number of nitrogens with zero attached hydrogens (tertiary/aromatic N) is 2. The van der Waals surface area contributed by atoms with Gasteiger partial charge >= 0.3 is 6.18 Å². The van der Waals surface area contributed by atoms with E-state index in [0.717, 1.165) is 76.0 Å². The minimum Gasteiger partial charge on any atom is -0.497 e. The monoisotopic (exact) mass is 548 g/mol. The summed E-state index contributed by atoms with van der Waals surface area (Å²) in [6.45, 7) is 4.81. The van der Waals surface area contributed by atoms with E-state index in [1.807, 2.05) is 35.2 Å². The maximum atomic E-state index is 13.0. The third kappa shape index (κ3) is 8.57. The van der Waals surface area contributed by atoms with Crippen LogP contribution in [0.1, 0.15) is 29.5 Å². The summed E-state index contributed by atoms with van der Waals surface area (Å²) in [4.78, 5) is 4.42. The molecular formula is C30H36ClF3N2O2. The number of ether oxygens (including phenoxy) is 2. The smallest absolute Gasteiger partial charge is 0.416 e. The van der Waals surface area contributed by atoms with E-state index >= 15 is 0 Å². The topological polar surface area (TPSA) is 24.9 Å². The van der Waals surface area contributed by atoms with Crippen molar-refractivity contribution < 1.29 is 22.6 Å². The highest BCUT2D eigenvalue weighted by molar-refractivity contribution is 5.85. The first-order valence-corrected chi connectivity index (χ1v) is 12.9. The highest BCUT2D eigenvalue weighted by Gasteiger charge is 2.31. The van der Waals surface area contributed by atoms with Crippen LogP contribution in [0.5, 0.6) is 11.5 Å². The van der Waals surface area contributed by atoms with Crippen molar-refractivity contribution in [2.45, 2.75) is 31.9 Å². The SMILES string of the molecule is COc1cccc(CCc2ccccc2OCCCCN2CCN(c3cccc(C(F)(F)F)c3)CC2)c1.Cl. The van der Waals surface area contributed by atoms with E-state index in [0.29, 0.717) is 12.3 Å². The summed E-state index contributed by atoms with van der Waals surface area (Å²) in [5, 5.41) is 0. The molecule has 1 fully saturated rings. The molecule has 3 aromatic carbocycles. The zero-order chi connectivity index (χ0) is 26.1. The van der Waals surface area contributed by atoms with Gasteiger partial charge in [-0.2, -0.15) is 13.2 Å². The second-order valence-corrected chi connectivity index (χ2v) is 9.39. The molecule has 206 valence electrons. The molecule has 1 aliphatic rings. The van der Waals surface area contributed by atoms with Crippen LogP contribution in [0, 0.1) is 0 Å². The molecule has 0 saturated carbocycles. The van der Waals surface area contributed by atoms with Crippen LogP contribution < -0.4 is 14.4 Å². The Bertz CT molecular complexity index is 1130. The first-order chi connectivity index (χ1) is 17.9. The van der Waals surface area contributed by atoms with Crippen molar-refractivity contribution in [1.29, 1.82) is 0 Å². The molecule has 0 radical (unpaired) electrons. The van der Waals surface area contributed by atoms with E-state index in [1.54, 1.807) is 13.2 Å². The summed E-state index contributed by atoms with van der Waals surface area (Å²) in [5.74, 6) is 1.82. The molecule has 8 heteroatoms. The Hall–Kier alpha value is -2.90. The number of unbranched alkanes of at least 4 members (excludes halogenated alkanes) is 1. The van der Waals surface area contributed by atoms with Gasteiger partial charge in [0.2, 0.25) is 0 Å². The first-order valence-electron chi connectivity index (χ1n) is 12.9. The lowest BCUT2D eigenvalue weighted by Gasteiger charge is -2.36. The molecule has 0 amide bonds.